The van der Waals surface area contributed by atoms with Crippen LogP contribution >= 0.6 is 11.6 Å². The van der Waals surface area contributed by atoms with Crippen molar-refractivity contribution in [1.29, 1.82) is 0 Å². The van der Waals surface area contributed by atoms with Gasteiger partial charge in [0.2, 0.25) is 0 Å². The second-order valence-corrected chi connectivity index (χ2v) is 6.02. The van der Waals surface area contributed by atoms with E-state index in [1.807, 2.05) is 30.3 Å². The first-order valence-electron chi connectivity index (χ1n) is 5.77. The summed E-state index contributed by atoms with van der Waals surface area (Å²) in [5, 5.41) is 0.489. The van der Waals surface area contributed by atoms with Gasteiger partial charge in [0.05, 0.1) is 11.5 Å². The molecule has 2 aromatic carbocycles. The van der Waals surface area contributed by atoms with Crippen LogP contribution in [0, 0.1) is 0 Å². The fourth-order valence-electron chi connectivity index (χ4n) is 1.58. The molecule has 0 aliphatic carbocycles. The van der Waals surface area contributed by atoms with Crippen LogP contribution in [0.3, 0.4) is 0 Å². The lowest BCUT2D eigenvalue weighted by Crippen LogP contribution is -2.09. The van der Waals surface area contributed by atoms with Gasteiger partial charge in [-0.05, 0) is 36.2 Å². The molecule has 0 unspecified atom stereocenters. The fourth-order valence-corrected chi connectivity index (χ4v) is 2.62. The van der Waals surface area contributed by atoms with Crippen molar-refractivity contribution in [2.75, 3.05) is 6.61 Å². The average molecular weight is 297 g/mol. The topological polar surface area (TPSA) is 43.4 Å². The summed E-state index contributed by atoms with van der Waals surface area (Å²) in [6, 6.07) is 15.5. The van der Waals surface area contributed by atoms with Gasteiger partial charge in [-0.15, -0.1) is 0 Å². The Labute approximate surface area is 117 Å². The molecular formula is C14H13ClO3S. The van der Waals surface area contributed by atoms with Crippen LogP contribution in [0.4, 0.5) is 0 Å². The first kappa shape index (κ1) is 14.1. The van der Waals surface area contributed by atoms with E-state index in [4.69, 9.17) is 15.8 Å². The van der Waals surface area contributed by atoms with E-state index in [9.17, 15) is 8.42 Å². The molecule has 0 saturated carbocycles. The van der Waals surface area contributed by atoms with Crippen molar-refractivity contribution in [3.05, 3.63) is 65.2 Å². The summed E-state index contributed by atoms with van der Waals surface area (Å²) >= 11 is 5.71. The van der Waals surface area contributed by atoms with Gasteiger partial charge in [-0.1, -0.05) is 41.9 Å². The third-order valence-corrected chi connectivity index (χ3v) is 4.15. The smallest absolute Gasteiger partial charge is 0.266 e. The van der Waals surface area contributed by atoms with E-state index in [1.165, 1.54) is 24.3 Å². The molecule has 0 radical (unpaired) electrons. The van der Waals surface area contributed by atoms with Crippen LogP contribution in [-0.2, 0) is 20.7 Å². The van der Waals surface area contributed by atoms with Crippen molar-refractivity contribution in [3.63, 3.8) is 0 Å². The summed E-state index contributed by atoms with van der Waals surface area (Å²) in [5.41, 5.74) is 1.04. The Morgan fingerprint density at radius 3 is 2.21 bits per heavy atom. The molecule has 0 fully saturated rings. The van der Waals surface area contributed by atoms with Crippen molar-refractivity contribution < 1.29 is 12.6 Å². The monoisotopic (exact) mass is 296 g/mol. The van der Waals surface area contributed by atoms with E-state index in [0.717, 1.165) is 5.56 Å². The Morgan fingerprint density at radius 1 is 0.947 bits per heavy atom. The Morgan fingerprint density at radius 2 is 1.58 bits per heavy atom. The third kappa shape index (κ3) is 4.06. The van der Waals surface area contributed by atoms with Crippen molar-refractivity contribution >= 4 is 21.7 Å². The molecule has 0 amide bonds. The summed E-state index contributed by atoms with van der Waals surface area (Å²) < 4.78 is 28.7. The summed E-state index contributed by atoms with van der Waals surface area (Å²) in [6.45, 7) is 0.120. The van der Waals surface area contributed by atoms with E-state index in [0.29, 0.717) is 11.4 Å². The molecule has 100 valence electrons. The largest absolute Gasteiger partial charge is 0.296 e. The highest BCUT2D eigenvalue weighted by atomic mass is 35.5. The van der Waals surface area contributed by atoms with Gasteiger partial charge in [-0.25, -0.2) is 0 Å². The maximum absolute atomic E-state index is 11.9. The molecule has 0 bridgehead atoms. The number of hydrogen-bond donors (Lipinski definition) is 0. The van der Waals surface area contributed by atoms with Crippen molar-refractivity contribution in [2.24, 2.45) is 0 Å². The standard InChI is InChI=1S/C14H13ClO3S/c15-13-6-8-14(9-7-13)19(16,17)18-11-10-12-4-2-1-3-5-12/h1-9H,10-11H2. The van der Waals surface area contributed by atoms with Gasteiger partial charge in [0.1, 0.15) is 0 Å². The number of rotatable bonds is 5. The van der Waals surface area contributed by atoms with Crippen LogP contribution < -0.4 is 0 Å². The van der Waals surface area contributed by atoms with Gasteiger partial charge in [0.25, 0.3) is 10.1 Å². The lowest BCUT2D eigenvalue weighted by Gasteiger charge is -2.05. The number of benzene rings is 2. The van der Waals surface area contributed by atoms with Crippen LogP contribution in [0.15, 0.2) is 59.5 Å². The van der Waals surface area contributed by atoms with Crippen molar-refractivity contribution in [1.82, 2.24) is 0 Å². The highest BCUT2D eigenvalue weighted by Gasteiger charge is 2.14. The van der Waals surface area contributed by atoms with Crippen LogP contribution in [0.2, 0.25) is 5.02 Å². The minimum Gasteiger partial charge on any atom is -0.266 e. The van der Waals surface area contributed by atoms with Gasteiger partial charge in [-0.3, -0.25) is 4.18 Å². The predicted octanol–water partition coefficient (Wildman–Crippen LogP) is 3.29. The normalized spacial score (nSPS) is 11.4. The first-order chi connectivity index (χ1) is 9.08. The highest BCUT2D eigenvalue weighted by Crippen LogP contribution is 2.16. The highest BCUT2D eigenvalue weighted by molar-refractivity contribution is 7.86. The van der Waals surface area contributed by atoms with Crippen LogP contribution in [-0.4, -0.2) is 15.0 Å². The molecular weight excluding hydrogens is 284 g/mol. The summed E-state index contributed by atoms with van der Waals surface area (Å²) in [4.78, 5) is 0.116. The molecule has 3 nitrogen and oxygen atoms in total. The quantitative estimate of drug-likeness (QED) is 0.795. The molecule has 0 heterocycles. The molecule has 0 aliphatic rings. The van der Waals surface area contributed by atoms with E-state index >= 15 is 0 Å². The second-order valence-electron chi connectivity index (χ2n) is 3.97. The van der Waals surface area contributed by atoms with E-state index in [-0.39, 0.29) is 11.5 Å². The molecule has 0 saturated heterocycles. The average Bonchev–Trinajstić information content (AvgIpc) is 2.40. The minimum atomic E-state index is -3.71. The van der Waals surface area contributed by atoms with Gasteiger partial charge < -0.3 is 0 Å². The van der Waals surface area contributed by atoms with Crippen LogP contribution in [0.1, 0.15) is 5.56 Å². The molecule has 2 rings (SSSR count). The summed E-state index contributed by atoms with van der Waals surface area (Å²) in [6.07, 6.45) is 0.549. The Balaban J connectivity index is 1.97. The van der Waals surface area contributed by atoms with Crippen LogP contribution in [0.25, 0.3) is 0 Å². The second kappa shape index (κ2) is 6.19. The Hall–Kier alpha value is -1.36. The summed E-state index contributed by atoms with van der Waals surface area (Å²) in [5.74, 6) is 0. The molecule has 0 N–H and O–H groups in total. The lowest BCUT2D eigenvalue weighted by atomic mass is 10.2. The van der Waals surface area contributed by atoms with Crippen molar-refractivity contribution in [3.8, 4) is 0 Å². The molecule has 0 atom stereocenters. The Kier molecular flexibility index (Phi) is 4.58. The zero-order valence-corrected chi connectivity index (χ0v) is 11.7. The zero-order valence-electron chi connectivity index (χ0n) is 10.1. The molecule has 19 heavy (non-hydrogen) atoms. The number of hydrogen-bond acceptors (Lipinski definition) is 3. The molecule has 0 aromatic heterocycles. The maximum atomic E-state index is 11.9. The number of halogens is 1. The predicted molar refractivity (Wildman–Crippen MR) is 74.7 cm³/mol. The molecule has 0 spiro atoms. The van der Waals surface area contributed by atoms with E-state index in [2.05, 4.69) is 0 Å². The van der Waals surface area contributed by atoms with Gasteiger partial charge in [0, 0.05) is 5.02 Å². The molecule has 0 aliphatic heterocycles. The Bertz CT molecular complexity index is 622. The van der Waals surface area contributed by atoms with Gasteiger partial charge in [-0.2, -0.15) is 8.42 Å². The third-order valence-electron chi connectivity index (χ3n) is 2.57. The van der Waals surface area contributed by atoms with Crippen molar-refractivity contribution in [2.45, 2.75) is 11.3 Å². The molecule has 2 aromatic rings. The van der Waals surface area contributed by atoms with Crippen LogP contribution in [0.5, 0.6) is 0 Å². The van der Waals surface area contributed by atoms with E-state index < -0.39 is 10.1 Å². The van der Waals surface area contributed by atoms with Gasteiger partial charge >= 0.3 is 0 Å². The minimum absolute atomic E-state index is 0.116. The lowest BCUT2D eigenvalue weighted by molar-refractivity contribution is 0.322. The first-order valence-corrected chi connectivity index (χ1v) is 7.55. The fraction of sp³-hybridized carbons (Fsp3) is 0.143. The SMILES string of the molecule is O=S(=O)(OCCc1ccccc1)c1ccc(Cl)cc1. The van der Waals surface area contributed by atoms with Gasteiger partial charge in [0.15, 0.2) is 0 Å². The summed E-state index contributed by atoms with van der Waals surface area (Å²) in [7, 11) is -3.71. The van der Waals surface area contributed by atoms with E-state index in [1.54, 1.807) is 0 Å². The zero-order chi connectivity index (χ0) is 13.7. The molecule has 5 heteroatoms. The maximum Gasteiger partial charge on any atom is 0.296 e.